The van der Waals surface area contributed by atoms with Crippen LogP contribution >= 0.6 is 0 Å². The highest BCUT2D eigenvalue weighted by atomic mass is 16.5. The van der Waals surface area contributed by atoms with Crippen LogP contribution in [-0.4, -0.2) is 16.4 Å². The number of imide groups is 1. The molecule has 5 heteroatoms. The normalized spacial score (nSPS) is 14.1. The zero-order chi connectivity index (χ0) is 23.1. The summed E-state index contributed by atoms with van der Waals surface area (Å²) in [5.41, 5.74) is 8.80. The Morgan fingerprint density at radius 2 is 1.59 bits per heavy atom. The van der Waals surface area contributed by atoms with E-state index in [0.29, 0.717) is 5.56 Å². The number of nitrogens with one attached hydrogen (secondary N) is 1. The van der Waals surface area contributed by atoms with Gasteiger partial charge in [-0.3, -0.25) is 14.9 Å². The summed E-state index contributed by atoms with van der Waals surface area (Å²) in [6.45, 7) is 4.15. The van der Waals surface area contributed by atoms with Gasteiger partial charge in [-0.25, -0.2) is 0 Å². The maximum Gasteiger partial charge on any atom is 0.258 e. The molecular formula is C29H20N2O3. The van der Waals surface area contributed by atoms with Crippen LogP contribution in [0.4, 0.5) is 0 Å². The molecule has 5 nitrogen and oxygen atoms in total. The Labute approximate surface area is 195 Å². The van der Waals surface area contributed by atoms with Crippen molar-refractivity contribution in [2.24, 2.45) is 0 Å². The van der Waals surface area contributed by atoms with E-state index in [2.05, 4.69) is 72.3 Å². The Balaban J connectivity index is 1.48. The van der Waals surface area contributed by atoms with Crippen molar-refractivity contribution in [2.75, 3.05) is 0 Å². The molecule has 0 bridgehead atoms. The number of nitrogens with zero attached hydrogens (tertiary/aromatic N) is 1. The number of fused-ring (bicyclic) bond motifs is 6. The van der Waals surface area contributed by atoms with Crippen molar-refractivity contribution in [2.45, 2.75) is 20.3 Å². The Hall–Kier alpha value is -4.38. The number of benzene rings is 4. The molecule has 0 spiro atoms. The first-order valence-electron chi connectivity index (χ1n) is 11.3. The minimum absolute atomic E-state index is 0.231. The number of aromatic nitrogens is 1. The van der Waals surface area contributed by atoms with Gasteiger partial charge in [0.2, 0.25) is 5.91 Å². The van der Waals surface area contributed by atoms with Gasteiger partial charge >= 0.3 is 0 Å². The van der Waals surface area contributed by atoms with E-state index in [0.717, 1.165) is 66.8 Å². The molecule has 164 valence electrons. The second-order valence-corrected chi connectivity index (χ2v) is 9.23. The van der Waals surface area contributed by atoms with Crippen LogP contribution in [0, 0.1) is 13.8 Å². The van der Waals surface area contributed by atoms with Crippen LogP contribution in [0.1, 0.15) is 27.0 Å². The van der Waals surface area contributed by atoms with Gasteiger partial charge in [0.15, 0.2) is 11.5 Å². The van der Waals surface area contributed by atoms with E-state index in [9.17, 15) is 9.59 Å². The average molecular weight is 444 g/mol. The molecule has 2 aliphatic rings. The highest BCUT2D eigenvalue weighted by Gasteiger charge is 2.25. The zero-order valence-electron chi connectivity index (χ0n) is 18.7. The molecule has 0 saturated heterocycles. The molecular weight excluding hydrogens is 424 g/mol. The molecule has 4 aromatic carbocycles. The summed E-state index contributed by atoms with van der Waals surface area (Å²) in [4.78, 5) is 24.1. The van der Waals surface area contributed by atoms with Crippen LogP contribution in [0.15, 0.2) is 66.7 Å². The summed E-state index contributed by atoms with van der Waals surface area (Å²) in [5.74, 6) is 1.13. The molecule has 3 heterocycles. The molecule has 0 aliphatic carbocycles. The number of rotatable bonds is 1. The quantitative estimate of drug-likeness (QED) is 0.317. The van der Waals surface area contributed by atoms with Crippen LogP contribution in [0.5, 0.6) is 11.5 Å². The van der Waals surface area contributed by atoms with Gasteiger partial charge in [0.1, 0.15) is 0 Å². The van der Waals surface area contributed by atoms with E-state index >= 15 is 0 Å². The van der Waals surface area contributed by atoms with E-state index in [4.69, 9.17) is 4.74 Å². The molecule has 1 N–H and O–H groups in total. The number of aryl methyl sites for hydroxylation is 2. The summed E-state index contributed by atoms with van der Waals surface area (Å²) in [6, 6.07) is 22.8. The summed E-state index contributed by atoms with van der Waals surface area (Å²) in [5, 5.41) is 4.69. The Kier molecular flexibility index (Phi) is 3.70. The molecule has 0 atom stereocenters. The lowest BCUT2D eigenvalue weighted by molar-refractivity contribution is -0.119. The van der Waals surface area contributed by atoms with Crippen molar-refractivity contribution < 1.29 is 14.3 Å². The first kappa shape index (κ1) is 19.1. The molecule has 34 heavy (non-hydrogen) atoms. The smallest absolute Gasteiger partial charge is 0.258 e. The molecule has 7 rings (SSSR count). The van der Waals surface area contributed by atoms with Gasteiger partial charge in [-0.2, -0.15) is 0 Å². The third-order valence-corrected chi connectivity index (χ3v) is 6.84. The molecule has 0 saturated carbocycles. The predicted octanol–water partition coefficient (Wildman–Crippen LogP) is 5.99. The SMILES string of the molecule is Cc1ccc2c(c1)Oc1cc(C)cc3c4cc(-c5ccc6c(c5)C(=O)NC(=O)C6)ccc4n-2c13. The van der Waals surface area contributed by atoms with Crippen molar-refractivity contribution in [1.82, 2.24) is 9.88 Å². The number of carbonyl (C=O) groups is 2. The van der Waals surface area contributed by atoms with Crippen LogP contribution in [-0.2, 0) is 11.2 Å². The Bertz CT molecular complexity index is 1740. The molecule has 0 radical (unpaired) electrons. The highest BCUT2D eigenvalue weighted by molar-refractivity contribution is 6.14. The van der Waals surface area contributed by atoms with Gasteiger partial charge in [0.25, 0.3) is 5.91 Å². The van der Waals surface area contributed by atoms with E-state index in [1.165, 1.54) is 0 Å². The number of hydrogen-bond acceptors (Lipinski definition) is 3. The van der Waals surface area contributed by atoms with Crippen LogP contribution in [0.3, 0.4) is 0 Å². The second kappa shape index (κ2) is 6.58. The molecule has 5 aromatic rings. The average Bonchev–Trinajstić information content (AvgIpc) is 3.13. The molecule has 1 aromatic heterocycles. The third-order valence-electron chi connectivity index (χ3n) is 6.84. The van der Waals surface area contributed by atoms with Crippen molar-refractivity contribution >= 4 is 33.6 Å². The summed E-state index contributed by atoms with van der Waals surface area (Å²) < 4.78 is 8.63. The highest BCUT2D eigenvalue weighted by Crippen LogP contribution is 2.46. The van der Waals surface area contributed by atoms with Gasteiger partial charge in [0.05, 0.1) is 23.1 Å². The van der Waals surface area contributed by atoms with Crippen molar-refractivity contribution in [3.63, 3.8) is 0 Å². The number of amides is 2. The van der Waals surface area contributed by atoms with Crippen LogP contribution in [0.2, 0.25) is 0 Å². The van der Waals surface area contributed by atoms with Gasteiger partial charge in [-0.05, 0) is 84.1 Å². The zero-order valence-corrected chi connectivity index (χ0v) is 18.7. The predicted molar refractivity (Wildman–Crippen MR) is 132 cm³/mol. The summed E-state index contributed by atoms with van der Waals surface area (Å²) in [7, 11) is 0. The summed E-state index contributed by atoms with van der Waals surface area (Å²) >= 11 is 0. The molecule has 0 unspecified atom stereocenters. The minimum atomic E-state index is -0.332. The van der Waals surface area contributed by atoms with Crippen LogP contribution < -0.4 is 10.1 Å². The lowest BCUT2D eigenvalue weighted by Gasteiger charge is -2.21. The number of hydrogen-bond donors (Lipinski definition) is 1. The van der Waals surface area contributed by atoms with Crippen molar-refractivity contribution in [3.8, 4) is 28.3 Å². The lowest BCUT2D eigenvalue weighted by Crippen LogP contribution is -2.37. The first-order valence-corrected chi connectivity index (χ1v) is 11.3. The largest absolute Gasteiger partial charge is 0.453 e. The number of ether oxygens (including phenoxy) is 1. The van der Waals surface area contributed by atoms with E-state index in [1.807, 2.05) is 18.2 Å². The Morgan fingerprint density at radius 3 is 2.47 bits per heavy atom. The van der Waals surface area contributed by atoms with E-state index < -0.39 is 0 Å². The Morgan fingerprint density at radius 1 is 0.794 bits per heavy atom. The molecule has 2 amide bonds. The van der Waals surface area contributed by atoms with Crippen LogP contribution in [0.25, 0.3) is 38.6 Å². The fourth-order valence-corrected chi connectivity index (χ4v) is 5.30. The lowest BCUT2D eigenvalue weighted by atomic mass is 9.94. The van der Waals surface area contributed by atoms with Gasteiger partial charge in [-0.1, -0.05) is 24.3 Å². The fourth-order valence-electron chi connectivity index (χ4n) is 5.30. The van der Waals surface area contributed by atoms with Gasteiger partial charge in [-0.15, -0.1) is 0 Å². The second-order valence-electron chi connectivity index (χ2n) is 9.23. The minimum Gasteiger partial charge on any atom is -0.453 e. The third kappa shape index (κ3) is 2.61. The van der Waals surface area contributed by atoms with Crippen molar-refractivity contribution in [1.29, 1.82) is 0 Å². The van der Waals surface area contributed by atoms with E-state index in [1.54, 1.807) is 0 Å². The van der Waals surface area contributed by atoms with E-state index in [-0.39, 0.29) is 18.2 Å². The van der Waals surface area contributed by atoms with Gasteiger partial charge in [0, 0.05) is 16.3 Å². The maximum absolute atomic E-state index is 12.4. The fraction of sp³-hybridized carbons (Fsp3) is 0.103. The summed E-state index contributed by atoms with van der Waals surface area (Å²) in [6.07, 6.45) is 0.231. The first-order chi connectivity index (χ1) is 16.5. The number of carbonyl (C=O) groups excluding carboxylic acids is 2. The molecule has 0 fully saturated rings. The topological polar surface area (TPSA) is 60.3 Å². The van der Waals surface area contributed by atoms with Gasteiger partial charge < -0.3 is 9.30 Å². The molecule has 2 aliphatic heterocycles. The maximum atomic E-state index is 12.4. The van der Waals surface area contributed by atoms with Crippen molar-refractivity contribution in [3.05, 3.63) is 89.0 Å². The standard InChI is InChI=1S/C29H20N2O3/c1-15-3-7-24-25(10-15)34-26-11-16(2)9-22-21-13-18(6-8-23(21)31(24)28(22)26)17-4-5-19-14-27(32)30-29(33)20(19)12-17/h3-13H,14H2,1-2H3,(H,30,32,33). The monoisotopic (exact) mass is 444 g/mol.